The van der Waals surface area contributed by atoms with Crippen molar-refractivity contribution in [3.8, 4) is 0 Å². The van der Waals surface area contributed by atoms with Crippen LogP contribution in [0.1, 0.15) is 12.6 Å². The normalized spacial score (nSPS) is 25.8. The number of nitrogens with two attached hydrogens (primary N) is 1. The van der Waals surface area contributed by atoms with Gasteiger partial charge in [-0.15, -0.1) is 0 Å². The van der Waals surface area contributed by atoms with Crippen LogP contribution in [0.25, 0.3) is 11.2 Å². The largest absolute Gasteiger partial charge is 0.508 e. The van der Waals surface area contributed by atoms with E-state index < -0.39 is 18.4 Å². The molecule has 2 aromatic heterocycles. The van der Waals surface area contributed by atoms with Crippen LogP contribution in [-0.2, 0) is 4.74 Å². The van der Waals surface area contributed by atoms with Gasteiger partial charge in [-0.1, -0.05) is 0 Å². The SMILES string of the molecule is CN(C)C=C(O)[C@H]1O[C@@H](n2cnc3c(N)ncnc32)C[C@@H]1O. The molecule has 0 radical (unpaired) electrons. The molecule has 3 heterocycles. The van der Waals surface area contributed by atoms with Gasteiger partial charge in [0.25, 0.3) is 0 Å². The average Bonchev–Trinajstić information content (AvgIpc) is 3.02. The number of rotatable bonds is 3. The van der Waals surface area contributed by atoms with Crippen molar-refractivity contribution < 1.29 is 14.9 Å². The highest BCUT2D eigenvalue weighted by atomic mass is 16.5. The minimum absolute atomic E-state index is 0.0291. The summed E-state index contributed by atoms with van der Waals surface area (Å²) in [6.45, 7) is 0. The Kier molecular flexibility index (Phi) is 3.59. The van der Waals surface area contributed by atoms with Gasteiger partial charge in [-0.2, -0.15) is 0 Å². The molecule has 118 valence electrons. The second-order valence-electron chi connectivity index (χ2n) is 5.41. The van der Waals surface area contributed by atoms with Gasteiger partial charge in [-0.05, 0) is 0 Å². The van der Waals surface area contributed by atoms with Crippen LogP contribution in [0.2, 0.25) is 0 Å². The summed E-state index contributed by atoms with van der Waals surface area (Å²) >= 11 is 0. The molecule has 4 N–H and O–H groups in total. The summed E-state index contributed by atoms with van der Waals surface area (Å²) in [5.74, 6) is 0.257. The van der Waals surface area contributed by atoms with Crippen LogP contribution < -0.4 is 5.73 Å². The summed E-state index contributed by atoms with van der Waals surface area (Å²) in [5, 5.41) is 20.2. The van der Waals surface area contributed by atoms with E-state index in [0.29, 0.717) is 17.6 Å². The highest BCUT2D eigenvalue weighted by molar-refractivity contribution is 5.81. The van der Waals surface area contributed by atoms with Gasteiger partial charge < -0.3 is 25.6 Å². The summed E-state index contributed by atoms with van der Waals surface area (Å²) in [4.78, 5) is 13.9. The molecule has 3 rings (SSSR count). The van der Waals surface area contributed by atoms with E-state index in [1.807, 2.05) is 0 Å². The standard InChI is InChI=1S/C13H18N6O3/c1-18(2)4-8(21)11-7(20)3-9(22-11)19-6-17-10-12(14)15-5-16-13(10)19/h4-7,9,11,20-21H,3H2,1-2H3,(H2,14,15,16)/t7-,9+,11-/m0/s1. The zero-order valence-corrected chi connectivity index (χ0v) is 12.3. The Hall–Kier alpha value is -2.39. The smallest absolute Gasteiger partial charge is 0.167 e. The third-order valence-electron chi connectivity index (χ3n) is 3.48. The Balaban J connectivity index is 1.89. The molecule has 9 nitrogen and oxygen atoms in total. The molecule has 0 amide bonds. The van der Waals surface area contributed by atoms with Crippen molar-refractivity contribution in [3.05, 3.63) is 24.6 Å². The first kappa shape index (κ1) is 14.5. The number of aliphatic hydroxyl groups excluding tert-OH is 2. The van der Waals surface area contributed by atoms with Crippen molar-refractivity contribution in [2.24, 2.45) is 0 Å². The van der Waals surface area contributed by atoms with Gasteiger partial charge in [-0.25, -0.2) is 15.0 Å². The van der Waals surface area contributed by atoms with Crippen LogP contribution in [0.5, 0.6) is 0 Å². The summed E-state index contributed by atoms with van der Waals surface area (Å²) < 4.78 is 7.44. The molecular weight excluding hydrogens is 288 g/mol. The van der Waals surface area contributed by atoms with Crippen molar-refractivity contribution in [2.45, 2.75) is 24.9 Å². The lowest BCUT2D eigenvalue weighted by atomic mass is 10.1. The summed E-state index contributed by atoms with van der Waals surface area (Å²) in [6, 6.07) is 0. The van der Waals surface area contributed by atoms with Gasteiger partial charge in [0.1, 0.15) is 29.9 Å². The lowest BCUT2D eigenvalue weighted by Gasteiger charge is -2.16. The molecule has 0 bridgehead atoms. The first-order chi connectivity index (χ1) is 10.5. The minimum Gasteiger partial charge on any atom is -0.508 e. The Labute approximate surface area is 126 Å². The van der Waals surface area contributed by atoms with Crippen molar-refractivity contribution in [1.29, 1.82) is 0 Å². The highest BCUT2D eigenvalue weighted by Gasteiger charge is 2.38. The summed E-state index contributed by atoms with van der Waals surface area (Å²) in [7, 11) is 3.55. The zero-order chi connectivity index (χ0) is 15.9. The van der Waals surface area contributed by atoms with Gasteiger partial charge >= 0.3 is 0 Å². The molecule has 9 heteroatoms. The third kappa shape index (κ3) is 2.44. The number of anilines is 1. The molecule has 1 saturated heterocycles. The maximum absolute atomic E-state index is 10.1. The van der Waals surface area contributed by atoms with E-state index in [-0.39, 0.29) is 11.6 Å². The molecular formula is C13H18N6O3. The van der Waals surface area contributed by atoms with Crippen LogP contribution >= 0.6 is 0 Å². The predicted molar refractivity (Wildman–Crippen MR) is 78.7 cm³/mol. The van der Waals surface area contributed by atoms with Crippen molar-refractivity contribution >= 4 is 17.0 Å². The van der Waals surface area contributed by atoms with Crippen LogP contribution in [0.3, 0.4) is 0 Å². The quantitative estimate of drug-likeness (QED) is 0.678. The van der Waals surface area contributed by atoms with Crippen molar-refractivity contribution in [1.82, 2.24) is 24.4 Å². The Bertz CT molecular complexity index is 713. The van der Waals surface area contributed by atoms with E-state index in [4.69, 9.17) is 10.5 Å². The van der Waals surface area contributed by atoms with E-state index in [0.717, 1.165) is 0 Å². The predicted octanol–water partition coefficient (Wildman–Crippen LogP) is 0.0179. The second-order valence-corrected chi connectivity index (χ2v) is 5.41. The number of hydrogen-bond acceptors (Lipinski definition) is 8. The molecule has 0 unspecified atom stereocenters. The second kappa shape index (κ2) is 5.43. The number of aromatic nitrogens is 4. The monoisotopic (exact) mass is 306 g/mol. The minimum atomic E-state index is -0.821. The summed E-state index contributed by atoms with van der Waals surface area (Å²) in [6.07, 6.45) is 2.61. The fourth-order valence-electron chi connectivity index (χ4n) is 2.51. The zero-order valence-electron chi connectivity index (χ0n) is 12.3. The number of hydrogen-bond donors (Lipinski definition) is 3. The van der Waals surface area contributed by atoms with Crippen LogP contribution in [0.15, 0.2) is 24.6 Å². The van der Waals surface area contributed by atoms with E-state index >= 15 is 0 Å². The molecule has 2 aromatic rings. The van der Waals surface area contributed by atoms with E-state index in [2.05, 4.69) is 15.0 Å². The van der Waals surface area contributed by atoms with Gasteiger partial charge in [0.2, 0.25) is 0 Å². The lowest BCUT2D eigenvalue weighted by Crippen LogP contribution is -2.24. The number of nitrogens with zero attached hydrogens (tertiary/aromatic N) is 5. The van der Waals surface area contributed by atoms with Crippen molar-refractivity contribution in [3.63, 3.8) is 0 Å². The number of ether oxygens (including phenoxy) is 1. The fourth-order valence-corrected chi connectivity index (χ4v) is 2.51. The molecule has 1 fully saturated rings. The fraction of sp³-hybridized carbons (Fsp3) is 0.462. The number of aliphatic hydroxyl groups is 2. The van der Waals surface area contributed by atoms with Crippen LogP contribution in [0.4, 0.5) is 5.82 Å². The lowest BCUT2D eigenvalue weighted by molar-refractivity contribution is -0.0172. The molecule has 22 heavy (non-hydrogen) atoms. The van der Waals surface area contributed by atoms with Crippen LogP contribution in [0, 0.1) is 0 Å². The van der Waals surface area contributed by atoms with Gasteiger partial charge in [0.05, 0.1) is 12.4 Å². The first-order valence-electron chi connectivity index (χ1n) is 6.81. The summed E-state index contributed by atoms with van der Waals surface area (Å²) in [5.41, 5.74) is 6.77. The maximum atomic E-state index is 10.1. The van der Waals surface area contributed by atoms with Crippen LogP contribution in [-0.4, -0.2) is 60.9 Å². The number of imidazole rings is 1. The molecule has 0 saturated carbocycles. The Morgan fingerprint density at radius 1 is 1.45 bits per heavy atom. The maximum Gasteiger partial charge on any atom is 0.167 e. The van der Waals surface area contributed by atoms with Crippen molar-refractivity contribution in [2.75, 3.05) is 19.8 Å². The Morgan fingerprint density at radius 3 is 2.95 bits per heavy atom. The van der Waals surface area contributed by atoms with Gasteiger partial charge in [0.15, 0.2) is 11.5 Å². The Morgan fingerprint density at radius 2 is 2.23 bits per heavy atom. The van der Waals surface area contributed by atoms with E-state index in [9.17, 15) is 10.2 Å². The van der Waals surface area contributed by atoms with E-state index in [1.54, 1.807) is 29.9 Å². The molecule has 0 aromatic carbocycles. The third-order valence-corrected chi connectivity index (χ3v) is 3.48. The molecule has 3 atom stereocenters. The molecule has 0 spiro atoms. The van der Waals surface area contributed by atoms with Gasteiger partial charge in [-0.3, -0.25) is 4.57 Å². The molecule has 0 aliphatic carbocycles. The number of fused-ring (bicyclic) bond motifs is 1. The highest BCUT2D eigenvalue weighted by Crippen LogP contribution is 2.33. The topological polar surface area (TPSA) is 123 Å². The number of nitrogen functional groups attached to an aromatic ring is 1. The van der Waals surface area contributed by atoms with E-state index in [1.165, 1.54) is 12.5 Å². The molecule has 1 aliphatic heterocycles. The first-order valence-corrected chi connectivity index (χ1v) is 6.81. The van der Waals surface area contributed by atoms with Gasteiger partial charge in [0, 0.05) is 26.7 Å². The molecule has 1 aliphatic rings. The average molecular weight is 306 g/mol.